The van der Waals surface area contributed by atoms with Gasteiger partial charge >= 0.3 is 0 Å². The zero-order chi connectivity index (χ0) is 22.5. The zero-order valence-corrected chi connectivity index (χ0v) is 21.3. The molecule has 0 amide bonds. The first-order valence-electron chi connectivity index (χ1n) is 11.3. The van der Waals surface area contributed by atoms with E-state index in [1.54, 1.807) is 0 Å². The Morgan fingerprint density at radius 2 is 1.12 bits per heavy atom. The zero-order valence-electron chi connectivity index (χ0n) is 19.1. The normalized spacial score (nSPS) is 16.5. The number of aryl methyl sites for hydroxylation is 2. The molecule has 0 fully saturated rings. The Kier molecular flexibility index (Phi) is 5.37. The quantitative estimate of drug-likeness (QED) is 0.239. The fourth-order valence-corrected chi connectivity index (χ4v) is 5.42. The Bertz CT molecular complexity index is 1240. The summed E-state index contributed by atoms with van der Waals surface area (Å²) in [6.45, 7) is 8.99. The fraction of sp³-hybridized carbons (Fsp3) is 0.200. The van der Waals surface area contributed by atoms with Gasteiger partial charge in [-0.3, -0.25) is 0 Å². The summed E-state index contributed by atoms with van der Waals surface area (Å²) in [5.74, 6) is 0. The van der Waals surface area contributed by atoms with Gasteiger partial charge in [0.2, 0.25) is 0 Å². The van der Waals surface area contributed by atoms with Crippen molar-refractivity contribution in [1.82, 2.24) is 0 Å². The topological polar surface area (TPSA) is 3.24 Å². The molecule has 1 unspecified atom stereocenters. The number of halogens is 1. The first-order valence-corrected chi connectivity index (χ1v) is 12.4. The van der Waals surface area contributed by atoms with Crippen molar-refractivity contribution in [2.45, 2.75) is 39.5 Å². The molecular formula is C30H28IN. The molecule has 0 aromatic heterocycles. The second-order valence-electron chi connectivity index (χ2n) is 9.11. The van der Waals surface area contributed by atoms with Crippen LogP contribution in [0.15, 0.2) is 84.9 Å². The Morgan fingerprint density at radius 3 is 1.66 bits per heavy atom. The predicted octanol–water partition coefficient (Wildman–Crippen LogP) is 9.07. The van der Waals surface area contributed by atoms with Gasteiger partial charge in [-0.2, -0.15) is 0 Å². The second kappa shape index (κ2) is 8.08. The van der Waals surface area contributed by atoms with Crippen LogP contribution in [0.4, 0.5) is 17.1 Å². The van der Waals surface area contributed by atoms with E-state index in [2.05, 4.69) is 140 Å². The van der Waals surface area contributed by atoms with Crippen molar-refractivity contribution in [1.29, 1.82) is 0 Å². The number of fused-ring (bicyclic) bond motifs is 3. The molecule has 0 heterocycles. The summed E-state index contributed by atoms with van der Waals surface area (Å²) in [6.07, 6.45) is 1.08. The van der Waals surface area contributed by atoms with Gasteiger partial charge in [0.05, 0.1) is 0 Å². The lowest BCUT2D eigenvalue weighted by Gasteiger charge is -2.29. The molecule has 0 spiro atoms. The first-order chi connectivity index (χ1) is 15.4. The van der Waals surface area contributed by atoms with Gasteiger partial charge in [-0.25, -0.2) is 0 Å². The third kappa shape index (κ3) is 3.45. The second-order valence-corrected chi connectivity index (χ2v) is 10.4. The lowest BCUT2D eigenvalue weighted by Crippen LogP contribution is -2.20. The molecule has 4 aromatic rings. The van der Waals surface area contributed by atoms with Crippen LogP contribution in [-0.4, -0.2) is 0 Å². The van der Waals surface area contributed by atoms with Gasteiger partial charge in [0.1, 0.15) is 0 Å². The van der Waals surface area contributed by atoms with E-state index in [-0.39, 0.29) is 5.41 Å². The minimum Gasteiger partial charge on any atom is -0.310 e. The van der Waals surface area contributed by atoms with Crippen molar-refractivity contribution in [3.05, 3.63) is 111 Å². The standard InChI is InChI=1S/C30H28IN/c1-5-30(4)28-18-22(31)10-16-26(28)27-17-15-25(19-29(27)30)32(23-11-6-20(2)7-12-23)24-13-8-21(3)9-14-24/h6-19H,5H2,1-4H3. The van der Waals surface area contributed by atoms with E-state index < -0.39 is 0 Å². The molecule has 1 nitrogen and oxygen atoms in total. The maximum atomic E-state index is 2.44. The predicted molar refractivity (Wildman–Crippen MR) is 145 cm³/mol. The molecule has 32 heavy (non-hydrogen) atoms. The van der Waals surface area contributed by atoms with Crippen molar-refractivity contribution in [3.63, 3.8) is 0 Å². The van der Waals surface area contributed by atoms with E-state index in [1.165, 1.54) is 54.0 Å². The SMILES string of the molecule is CCC1(C)c2cc(I)ccc2-c2ccc(N(c3ccc(C)cc3)c3ccc(C)cc3)cc21. The number of hydrogen-bond acceptors (Lipinski definition) is 1. The Labute approximate surface area is 205 Å². The molecule has 0 saturated carbocycles. The van der Waals surface area contributed by atoms with Gasteiger partial charge in [0.25, 0.3) is 0 Å². The molecule has 4 aromatic carbocycles. The summed E-state index contributed by atoms with van der Waals surface area (Å²) in [7, 11) is 0. The summed E-state index contributed by atoms with van der Waals surface area (Å²) in [5.41, 5.74) is 11.8. The lowest BCUT2D eigenvalue weighted by atomic mass is 9.78. The molecule has 2 heteroatoms. The van der Waals surface area contributed by atoms with Crippen molar-refractivity contribution in [2.24, 2.45) is 0 Å². The molecule has 1 aliphatic carbocycles. The van der Waals surface area contributed by atoms with Gasteiger partial charge < -0.3 is 4.90 Å². The van der Waals surface area contributed by atoms with Crippen molar-refractivity contribution in [3.8, 4) is 11.1 Å². The van der Waals surface area contributed by atoms with Crippen molar-refractivity contribution < 1.29 is 0 Å². The van der Waals surface area contributed by atoms with E-state index in [1.807, 2.05) is 0 Å². The summed E-state index contributed by atoms with van der Waals surface area (Å²) < 4.78 is 1.30. The third-order valence-electron chi connectivity index (χ3n) is 7.01. The monoisotopic (exact) mass is 529 g/mol. The van der Waals surface area contributed by atoms with Gasteiger partial charge in [-0.05, 0) is 114 Å². The Balaban J connectivity index is 1.70. The summed E-state index contributed by atoms with van der Waals surface area (Å²) in [6, 6.07) is 31.6. The van der Waals surface area contributed by atoms with Crippen LogP contribution in [0.2, 0.25) is 0 Å². The van der Waals surface area contributed by atoms with E-state index in [0.29, 0.717) is 0 Å². The molecule has 0 radical (unpaired) electrons. The summed E-state index contributed by atoms with van der Waals surface area (Å²) >= 11 is 2.44. The Morgan fingerprint density at radius 1 is 0.656 bits per heavy atom. The number of hydrogen-bond donors (Lipinski definition) is 0. The molecule has 1 atom stereocenters. The third-order valence-corrected chi connectivity index (χ3v) is 7.68. The van der Waals surface area contributed by atoms with Crippen molar-refractivity contribution in [2.75, 3.05) is 4.90 Å². The average Bonchev–Trinajstić information content (AvgIpc) is 3.05. The summed E-state index contributed by atoms with van der Waals surface area (Å²) in [4.78, 5) is 2.38. The van der Waals surface area contributed by atoms with Crippen LogP contribution in [0.25, 0.3) is 11.1 Å². The van der Waals surface area contributed by atoms with Gasteiger partial charge in [0, 0.05) is 26.0 Å². The molecule has 160 valence electrons. The van der Waals surface area contributed by atoms with Crippen LogP contribution >= 0.6 is 22.6 Å². The van der Waals surface area contributed by atoms with Gasteiger partial charge in [0.15, 0.2) is 0 Å². The molecule has 5 rings (SSSR count). The van der Waals surface area contributed by atoms with Gasteiger partial charge in [-0.15, -0.1) is 0 Å². The fourth-order valence-electron chi connectivity index (χ4n) is 4.93. The van der Waals surface area contributed by atoms with Crippen molar-refractivity contribution >= 4 is 39.7 Å². The minimum absolute atomic E-state index is 0.0219. The van der Waals surface area contributed by atoms with E-state index in [9.17, 15) is 0 Å². The molecule has 0 aliphatic heterocycles. The van der Waals surface area contributed by atoms with E-state index >= 15 is 0 Å². The largest absolute Gasteiger partial charge is 0.310 e. The van der Waals surface area contributed by atoms with E-state index in [4.69, 9.17) is 0 Å². The molecule has 1 aliphatic rings. The molecule has 0 bridgehead atoms. The highest BCUT2D eigenvalue weighted by atomic mass is 127. The molecule has 0 N–H and O–H groups in total. The number of rotatable bonds is 4. The van der Waals surface area contributed by atoms with Crippen LogP contribution in [0, 0.1) is 17.4 Å². The van der Waals surface area contributed by atoms with Crippen LogP contribution in [-0.2, 0) is 5.41 Å². The maximum Gasteiger partial charge on any atom is 0.0465 e. The lowest BCUT2D eigenvalue weighted by molar-refractivity contribution is 0.564. The van der Waals surface area contributed by atoms with Gasteiger partial charge in [-0.1, -0.05) is 61.4 Å². The smallest absolute Gasteiger partial charge is 0.0465 e. The number of anilines is 3. The number of nitrogens with zero attached hydrogens (tertiary/aromatic N) is 1. The van der Waals surface area contributed by atoms with Crippen LogP contribution in [0.1, 0.15) is 42.5 Å². The average molecular weight is 529 g/mol. The highest BCUT2D eigenvalue weighted by molar-refractivity contribution is 14.1. The van der Waals surface area contributed by atoms with Crippen LogP contribution in [0.3, 0.4) is 0 Å². The van der Waals surface area contributed by atoms with Crippen LogP contribution in [0.5, 0.6) is 0 Å². The minimum atomic E-state index is 0.0219. The molecule has 0 saturated heterocycles. The first kappa shape index (κ1) is 21.3. The highest BCUT2D eigenvalue weighted by Crippen LogP contribution is 2.52. The van der Waals surface area contributed by atoms with E-state index in [0.717, 1.165) is 6.42 Å². The molecular weight excluding hydrogens is 501 g/mol. The summed E-state index contributed by atoms with van der Waals surface area (Å²) in [5, 5.41) is 0. The maximum absolute atomic E-state index is 2.44. The Hall–Kier alpha value is -2.59. The highest BCUT2D eigenvalue weighted by Gasteiger charge is 2.38. The van der Waals surface area contributed by atoms with Crippen LogP contribution < -0.4 is 4.90 Å². The number of benzene rings is 4.